The van der Waals surface area contributed by atoms with Crippen LogP contribution in [0.5, 0.6) is 0 Å². The van der Waals surface area contributed by atoms with Crippen LogP contribution >= 0.6 is 11.8 Å². The number of hydrogen-bond acceptors (Lipinski definition) is 8. The van der Waals surface area contributed by atoms with Gasteiger partial charge in [0.2, 0.25) is 5.91 Å². The Labute approximate surface area is 290 Å². The summed E-state index contributed by atoms with van der Waals surface area (Å²) in [6.45, 7) is 1.70. The van der Waals surface area contributed by atoms with E-state index in [1.807, 2.05) is 103 Å². The molecule has 11 heteroatoms. The standard InChI is InChI=1S/C38H41N3O7S/c1-25(43)40-31-16-18-33(19-17-31)49-24-32-21-35(29-12-10-28(23-42)11-13-29)48-37(47-32)30-14-8-27(9-15-30)22-39-38(45)41-34(36(44)46-2)20-26-6-4-3-5-7-26/h3-19,32,34-35,37,42H,20-24H2,1-2H3,(H,40,43)(H2,39,41,45)/t32-,34+,35+,37+/m1/s1. The lowest BCUT2D eigenvalue weighted by atomic mass is 10.0. The van der Waals surface area contributed by atoms with E-state index in [2.05, 4.69) is 16.0 Å². The maximum atomic E-state index is 12.7. The first kappa shape index (κ1) is 35.6. The maximum absolute atomic E-state index is 12.7. The van der Waals surface area contributed by atoms with Crippen molar-refractivity contribution in [3.05, 3.63) is 131 Å². The number of benzene rings is 4. The van der Waals surface area contributed by atoms with Crippen molar-refractivity contribution >= 4 is 35.4 Å². The molecule has 1 heterocycles. The normalized spacial score (nSPS) is 17.8. The first-order valence-electron chi connectivity index (χ1n) is 16.1. The van der Waals surface area contributed by atoms with Crippen LogP contribution in [0.1, 0.15) is 53.6 Å². The smallest absolute Gasteiger partial charge is 0.328 e. The van der Waals surface area contributed by atoms with Crippen molar-refractivity contribution in [3.8, 4) is 0 Å². The Bertz CT molecular complexity index is 1670. The van der Waals surface area contributed by atoms with Crippen LogP contribution in [-0.4, -0.2) is 48.0 Å². The van der Waals surface area contributed by atoms with Gasteiger partial charge in [-0.3, -0.25) is 4.79 Å². The number of ether oxygens (including phenoxy) is 3. The zero-order chi connectivity index (χ0) is 34.6. The average Bonchev–Trinajstić information content (AvgIpc) is 3.13. The monoisotopic (exact) mass is 683 g/mol. The molecule has 256 valence electrons. The van der Waals surface area contributed by atoms with E-state index in [9.17, 15) is 19.5 Å². The Morgan fingerprint density at radius 1 is 0.857 bits per heavy atom. The summed E-state index contributed by atoms with van der Waals surface area (Å²) < 4.78 is 17.8. The summed E-state index contributed by atoms with van der Waals surface area (Å²) in [7, 11) is 1.30. The lowest BCUT2D eigenvalue weighted by molar-refractivity contribution is -0.245. The third-order valence-electron chi connectivity index (χ3n) is 8.00. The molecule has 4 atom stereocenters. The number of urea groups is 1. The van der Waals surface area contributed by atoms with E-state index in [4.69, 9.17) is 14.2 Å². The molecule has 0 saturated carbocycles. The minimum absolute atomic E-state index is 0.0278. The molecule has 0 aliphatic carbocycles. The van der Waals surface area contributed by atoms with E-state index >= 15 is 0 Å². The molecule has 4 aromatic carbocycles. The molecule has 1 saturated heterocycles. The molecule has 1 aliphatic rings. The molecule has 0 bridgehead atoms. The van der Waals surface area contributed by atoms with Gasteiger partial charge in [0.05, 0.1) is 25.9 Å². The van der Waals surface area contributed by atoms with E-state index in [0.29, 0.717) is 18.6 Å². The highest BCUT2D eigenvalue weighted by molar-refractivity contribution is 7.99. The van der Waals surface area contributed by atoms with Crippen molar-refractivity contribution in [1.29, 1.82) is 0 Å². The van der Waals surface area contributed by atoms with Crippen LogP contribution in [0.15, 0.2) is 108 Å². The molecular weight excluding hydrogens is 642 g/mol. The third kappa shape index (κ3) is 10.7. The SMILES string of the molecule is COC(=O)[C@H](Cc1ccccc1)NC(=O)NCc1ccc([C@H]2O[C@@H](CSc3ccc(NC(C)=O)cc3)C[C@@H](c3ccc(CO)cc3)O2)cc1. The lowest BCUT2D eigenvalue weighted by Crippen LogP contribution is -2.47. The van der Waals surface area contributed by atoms with Crippen LogP contribution in [0.3, 0.4) is 0 Å². The predicted octanol–water partition coefficient (Wildman–Crippen LogP) is 6.06. The molecule has 5 rings (SSSR count). The van der Waals surface area contributed by atoms with Crippen LogP contribution < -0.4 is 16.0 Å². The molecule has 0 aromatic heterocycles. The number of carbonyl (C=O) groups is 3. The number of methoxy groups -OCH3 is 1. The average molecular weight is 684 g/mol. The maximum Gasteiger partial charge on any atom is 0.328 e. The fourth-order valence-corrected chi connectivity index (χ4v) is 6.34. The first-order valence-corrected chi connectivity index (χ1v) is 17.0. The topological polar surface area (TPSA) is 135 Å². The fourth-order valence-electron chi connectivity index (χ4n) is 5.42. The van der Waals surface area contributed by atoms with Crippen LogP contribution in [-0.2, 0) is 43.4 Å². The number of esters is 1. The highest BCUT2D eigenvalue weighted by atomic mass is 32.2. The molecule has 4 aromatic rings. The molecule has 10 nitrogen and oxygen atoms in total. The van der Waals surface area contributed by atoms with Crippen LogP contribution in [0.4, 0.5) is 10.5 Å². The van der Waals surface area contributed by atoms with Gasteiger partial charge < -0.3 is 35.3 Å². The number of aliphatic hydroxyl groups excluding tert-OH is 1. The summed E-state index contributed by atoms with van der Waals surface area (Å²) in [5.74, 6) is 0.0617. The number of aliphatic hydroxyl groups is 1. The fraction of sp³-hybridized carbons (Fsp3) is 0.289. The number of anilines is 1. The van der Waals surface area contributed by atoms with Crippen molar-refractivity contribution < 1.29 is 33.7 Å². The second-order valence-corrected chi connectivity index (χ2v) is 12.8. The van der Waals surface area contributed by atoms with Gasteiger partial charge in [0.15, 0.2) is 6.29 Å². The van der Waals surface area contributed by atoms with E-state index in [1.54, 1.807) is 11.8 Å². The lowest BCUT2D eigenvalue weighted by Gasteiger charge is -2.36. The minimum Gasteiger partial charge on any atom is -0.467 e. The summed E-state index contributed by atoms with van der Waals surface area (Å²) in [6, 6.07) is 31.3. The van der Waals surface area contributed by atoms with Gasteiger partial charge in [0.25, 0.3) is 0 Å². The van der Waals surface area contributed by atoms with Gasteiger partial charge in [-0.2, -0.15) is 0 Å². The van der Waals surface area contributed by atoms with Gasteiger partial charge in [0.1, 0.15) is 6.04 Å². The summed E-state index contributed by atoms with van der Waals surface area (Å²) in [6.07, 6.45) is 0.00875. The Kier molecular flexibility index (Phi) is 12.8. The number of hydrogen-bond donors (Lipinski definition) is 4. The third-order valence-corrected chi connectivity index (χ3v) is 9.15. The van der Waals surface area contributed by atoms with Crippen LogP contribution in [0.2, 0.25) is 0 Å². The van der Waals surface area contributed by atoms with Gasteiger partial charge in [0, 0.05) is 48.2 Å². The van der Waals surface area contributed by atoms with Gasteiger partial charge in [-0.15, -0.1) is 11.8 Å². The molecule has 49 heavy (non-hydrogen) atoms. The van der Waals surface area contributed by atoms with E-state index < -0.39 is 24.3 Å². The van der Waals surface area contributed by atoms with Crippen LogP contribution in [0, 0.1) is 0 Å². The Balaban J connectivity index is 1.21. The highest BCUT2D eigenvalue weighted by Crippen LogP contribution is 2.39. The van der Waals surface area contributed by atoms with Crippen molar-refractivity contribution in [2.45, 2.75) is 62.4 Å². The van der Waals surface area contributed by atoms with Gasteiger partial charge in [-0.25, -0.2) is 9.59 Å². The Morgan fingerprint density at radius 3 is 2.18 bits per heavy atom. The van der Waals surface area contributed by atoms with Gasteiger partial charge in [-0.1, -0.05) is 78.9 Å². The van der Waals surface area contributed by atoms with Crippen LogP contribution in [0.25, 0.3) is 0 Å². The van der Waals surface area contributed by atoms with Gasteiger partial charge >= 0.3 is 12.0 Å². The predicted molar refractivity (Wildman–Crippen MR) is 188 cm³/mol. The van der Waals surface area contributed by atoms with Gasteiger partial charge in [-0.05, 0) is 46.5 Å². The molecule has 0 unspecified atom stereocenters. The molecule has 0 spiro atoms. The Morgan fingerprint density at radius 2 is 1.53 bits per heavy atom. The summed E-state index contributed by atoms with van der Waals surface area (Å²) in [4.78, 5) is 37.5. The summed E-state index contributed by atoms with van der Waals surface area (Å²) in [5.41, 5.74) is 5.19. The molecule has 3 amide bonds. The summed E-state index contributed by atoms with van der Waals surface area (Å²) in [5, 5.41) is 17.8. The van der Waals surface area contributed by atoms with E-state index in [0.717, 1.165) is 38.4 Å². The largest absolute Gasteiger partial charge is 0.467 e. The van der Waals surface area contributed by atoms with E-state index in [-0.39, 0.29) is 31.3 Å². The second-order valence-electron chi connectivity index (χ2n) is 11.7. The number of rotatable bonds is 13. The molecular formula is C38H41N3O7S. The van der Waals surface area contributed by atoms with Crippen molar-refractivity contribution in [3.63, 3.8) is 0 Å². The zero-order valence-electron chi connectivity index (χ0n) is 27.5. The molecule has 4 N–H and O–H groups in total. The first-order chi connectivity index (χ1) is 23.8. The zero-order valence-corrected chi connectivity index (χ0v) is 28.3. The highest BCUT2D eigenvalue weighted by Gasteiger charge is 2.32. The summed E-state index contributed by atoms with van der Waals surface area (Å²) >= 11 is 1.67. The van der Waals surface area contributed by atoms with Crippen molar-refractivity contribution in [2.24, 2.45) is 0 Å². The molecule has 1 fully saturated rings. The number of nitrogens with one attached hydrogen (secondary N) is 3. The quantitative estimate of drug-likeness (QED) is 0.0988. The molecule has 1 aliphatic heterocycles. The van der Waals surface area contributed by atoms with E-state index in [1.165, 1.54) is 14.0 Å². The van der Waals surface area contributed by atoms with Crippen molar-refractivity contribution in [2.75, 3.05) is 18.2 Å². The minimum atomic E-state index is -0.822. The second kappa shape index (κ2) is 17.6. The Hall–Kier alpha value is -4.68. The van der Waals surface area contributed by atoms with Crippen molar-refractivity contribution in [1.82, 2.24) is 10.6 Å². The molecule has 0 radical (unpaired) electrons. The number of thioether (sulfide) groups is 1. The number of amides is 3. The number of carbonyl (C=O) groups excluding carboxylic acids is 3.